The lowest BCUT2D eigenvalue weighted by Gasteiger charge is -2.22. The van der Waals surface area contributed by atoms with Crippen LogP contribution in [-0.4, -0.2) is 5.71 Å². The van der Waals surface area contributed by atoms with Gasteiger partial charge in [0.25, 0.3) is 0 Å². The molecule has 2 aromatic rings. The lowest BCUT2D eigenvalue weighted by molar-refractivity contribution is 0.649. The summed E-state index contributed by atoms with van der Waals surface area (Å²) in [6, 6.07) is 19.5. The topological polar surface area (TPSA) is 12.4 Å². The molecule has 0 radical (unpaired) electrons. The Kier molecular flexibility index (Phi) is 2.51. The van der Waals surface area contributed by atoms with Gasteiger partial charge in [0.2, 0.25) is 0 Å². The van der Waals surface area contributed by atoms with E-state index in [1.807, 2.05) is 0 Å². The average Bonchev–Trinajstić information content (AvgIpc) is 2.88. The summed E-state index contributed by atoms with van der Waals surface area (Å²) in [6.07, 6.45) is 3.71. The molecule has 19 heavy (non-hydrogen) atoms. The first-order chi connectivity index (χ1) is 9.42. The zero-order valence-corrected chi connectivity index (χ0v) is 10.9. The number of para-hydroxylation sites is 1. The molecule has 1 heterocycles. The van der Waals surface area contributed by atoms with Crippen LogP contribution in [0.4, 0.5) is 5.69 Å². The third-order valence-corrected chi connectivity index (χ3v) is 4.49. The maximum atomic E-state index is 4.98. The van der Waals surface area contributed by atoms with Crippen molar-refractivity contribution in [3.8, 4) is 0 Å². The van der Waals surface area contributed by atoms with Crippen LogP contribution in [0.15, 0.2) is 59.6 Å². The Labute approximate surface area is 114 Å². The zero-order chi connectivity index (χ0) is 12.7. The van der Waals surface area contributed by atoms with E-state index >= 15 is 0 Å². The van der Waals surface area contributed by atoms with Gasteiger partial charge in [-0.25, -0.2) is 0 Å². The van der Waals surface area contributed by atoms with E-state index in [9.17, 15) is 0 Å². The molecule has 0 spiro atoms. The minimum Gasteiger partial charge on any atom is -0.257 e. The molecular weight excluding hydrogens is 230 g/mol. The smallest absolute Gasteiger partial charge is 0.0661 e. The predicted octanol–water partition coefficient (Wildman–Crippen LogP) is 4.51. The van der Waals surface area contributed by atoms with Crippen molar-refractivity contribution >= 4 is 11.4 Å². The summed E-state index contributed by atoms with van der Waals surface area (Å²) in [5, 5.41) is 0. The van der Waals surface area contributed by atoms with E-state index in [0.29, 0.717) is 11.8 Å². The van der Waals surface area contributed by atoms with E-state index in [0.717, 1.165) is 0 Å². The fraction of sp³-hybridized carbons (Fsp3) is 0.278. The van der Waals surface area contributed by atoms with Crippen LogP contribution in [0.2, 0.25) is 0 Å². The summed E-state index contributed by atoms with van der Waals surface area (Å²) in [5.41, 5.74) is 5.47. The number of hydrogen-bond donors (Lipinski definition) is 0. The molecule has 0 N–H and O–H groups in total. The fourth-order valence-corrected chi connectivity index (χ4v) is 3.54. The first-order valence-electron chi connectivity index (χ1n) is 7.13. The summed E-state index contributed by atoms with van der Waals surface area (Å²) in [6.45, 7) is 0. The van der Waals surface area contributed by atoms with Gasteiger partial charge >= 0.3 is 0 Å². The highest BCUT2D eigenvalue weighted by Crippen LogP contribution is 2.42. The average molecular weight is 247 g/mol. The molecule has 2 atom stereocenters. The molecule has 0 amide bonds. The van der Waals surface area contributed by atoms with Gasteiger partial charge in [-0.3, -0.25) is 4.99 Å². The fourth-order valence-electron chi connectivity index (χ4n) is 3.54. The van der Waals surface area contributed by atoms with E-state index in [-0.39, 0.29) is 0 Å². The molecule has 1 aliphatic carbocycles. The standard InChI is InChI=1S/C18H17N/c1-2-6-13(7-3-1)16-11-10-15-12-14-8-4-5-9-17(14)19-18(15)16/h1-9,15-16H,10-12H2. The predicted molar refractivity (Wildman–Crippen MR) is 79.1 cm³/mol. The number of fused-ring (bicyclic) bond motifs is 2. The van der Waals surface area contributed by atoms with Crippen LogP contribution in [0.1, 0.15) is 29.9 Å². The number of rotatable bonds is 1. The van der Waals surface area contributed by atoms with Gasteiger partial charge in [-0.1, -0.05) is 48.5 Å². The van der Waals surface area contributed by atoms with Crippen molar-refractivity contribution in [2.75, 3.05) is 0 Å². The van der Waals surface area contributed by atoms with Gasteiger partial charge in [-0.15, -0.1) is 0 Å². The second kappa shape index (κ2) is 4.34. The highest BCUT2D eigenvalue weighted by atomic mass is 14.8. The first-order valence-corrected chi connectivity index (χ1v) is 7.13. The molecule has 0 saturated heterocycles. The molecule has 2 aliphatic rings. The molecule has 1 saturated carbocycles. The van der Waals surface area contributed by atoms with Gasteiger partial charge in [0.1, 0.15) is 0 Å². The highest BCUT2D eigenvalue weighted by Gasteiger charge is 2.35. The Hall–Kier alpha value is -1.89. The normalized spacial score (nSPS) is 24.5. The van der Waals surface area contributed by atoms with Crippen LogP contribution in [-0.2, 0) is 6.42 Å². The molecule has 1 aliphatic heterocycles. The summed E-state index contributed by atoms with van der Waals surface area (Å²) < 4.78 is 0. The van der Waals surface area contributed by atoms with Crippen molar-refractivity contribution in [3.63, 3.8) is 0 Å². The zero-order valence-electron chi connectivity index (χ0n) is 10.9. The maximum Gasteiger partial charge on any atom is 0.0661 e. The van der Waals surface area contributed by atoms with E-state index in [4.69, 9.17) is 4.99 Å². The lowest BCUT2D eigenvalue weighted by Crippen LogP contribution is -2.18. The molecular formula is C18H17N. The van der Waals surface area contributed by atoms with E-state index in [2.05, 4.69) is 54.6 Å². The highest BCUT2D eigenvalue weighted by molar-refractivity contribution is 5.98. The monoisotopic (exact) mass is 247 g/mol. The van der Waals surface area contributed by atoms with Gasteiger partial charge < -0.3 is 0 Å². The van der Waals surface area contributed by atoms with Crippen molar-refractivity contribution in [1.82, 2.24) is 0 Å². The Morgan fingerprint density at radius 3 is 2.53 bits per heavy atom. The summed E-state index contributed by atoms with van der Waals surface area (Å²) in [5.74, 6) is 1.21. The molecule has 0 bridgehead atoms. The van der Waals surface area contributed by atoms with Gasteiger partial charge in [0.05, 0.1) is 5.69 Å². The van der Waals surface area contributed by atoms with Crippen LogP contribution in [0.25, 0.3) is 0 Å². The third-order valence-electron chi connectivity index (χ3n) is 4.49. The van der Waals surface area contributed by atoms with Crippen LogP contribution in [0.5, 0.6) is 0 Å². The molecule has 0 aromatic heterocycles. The SMILES string of the molecule is c1ccc(C2CCC3Cc4ccccc4N=C32)cc1. The van der Waals surface area contributed by atoms with Crippen molar-refractivity contribution in [2.45, 2.75) is 25.2 Å². The molecule has 2 aromatic carbocycles. The Bertz CT molecular complexity index is 627. The maximum absolute atomic E-state index is 4.98. The van der Waals surface area contributed by atoms with Crippen molar-refractivity contribution in [3.05, 3.63) is 65.7 Å². The number of hydrogen-bond acceptors (Lipinski definition) is 1. The summed E-state index contributed by atoms with van der Waals surface area (Å²) in [4.78, 5) is 4.98. The first kappa shape index (κ1) is 11.0. The van der Waals surface area contributed by atoms with Crippen molar-refractivity contribution < 1.29 is 0 Å². The van der Waals surface area contributed by atoms with Crippen LogP contribution in [0.3, 0.4) is 0 Å². The quantitative estimate of drug-likeness (QED) is 0.703. The molecule has 1 heteroatoms. The Morgan fingerprint density at radius 1 is 0.842 bits per heavy atom. The van der Waals surface area contributed by atoms with Crippen LogP contribution in [0, 0.1) is 5.92 Å². The molecule has 2 unspecified atom stereocenters. The van der Waals surface area contributed by atoms with Gasteiger partial charge in [-0.2, -0.15) is 0 Å². The summed E-state index contributed by atoms with van der Waals surface area (Å²) in [7, 11) is 0. The van der Waals surface area contributed by atoms with Crippen molar-refractivity contribution in [1.29, 1.82) is 0 Å². The summed E-state index contributed by atoms with van der Waals surface area (Å²) >= 11 is 0. The Balaban J connectivity index is 1.77. The molecule has 1 nitrogen and oxygen atoms in total. The number of aliphatic imine (C=N–C) groups is 1. The third kappa shape index (κ3) is 1.81. The van der Waals surface area contributed by atoms with Crippen LogP contribution < -0.4 is 0 Å². The van der Waals surface area contributed by atoms with E-state index < -0.39 is 0 Å². The molecule has 1 fully saturated rings. The van der Waals surface area contributed by atoms with Crippen LogP contribution >= 0.6 is 0 Å². The minimum atomic E-state index is 0.541. The minimum absolute atomic E-state index is 0.541. The van der Waals surface area contributed by atoms with E-state index in [1.54, 1.807) is 0 Å². The van der Waals surface area contributed by atoms with E-state index in [1.165, 1.54) is 41.8 Å². The largest absolute Gasteiger partial charge is 0.257 e. The van der Waals surface area contributed by atoms with Crippen molar-refractivity contribution in [2.24, 2.45) is 10.9 Å². The molecule has 94 valence electrons. The molecule has 4 rings (SSSR count). The van der Waals surface area contributed by atoms with Gasteiger partial charge in [-0.05, 0) is 36.5 Å². The van der Waals surface area contributed by atoms with Gasteiger partial charge in [0, 0.05) is 17.5 Å². The number of nitrogens with zero attached hydrogens (tertiary/aromatic N) is 1. The Morgan fingerprint density at radius 2 is 1.63 bits per heavy atom. The number of benzene rings is 2. The second-order valence-corrected chi connectivity index (χ2v) is 5.61. The second-order valence-electron chi connectivity index (χ2n) is 5.61. The lowest BCUT2D eigenvalue weighted by atomic mass is 9.88. The van der Waals surface area contributed by atoms with Gasteiger partial charge in [0.15, 0.2) is 0 Å².